The Labute approximate surface area is 113 Å². The van der Waals surface area contributed by atoms with Gasteiger partial charge in [0.1, 0.15) is 11.6 Å². The van der Waals surface area contributed by atoms with Crippen LogP contribution in [-0.2, 0) is 17.8 Å². The summed E-state index contributed by atoms with van der Waals surface area (Å²) < 4.78 is 0. The summed E-state index contributed by atoms with van der Waals surface area (Å²) in [4.78, 5) is 18.0. The Morgan fingerprint density at radius 3 is 2.89 bits per heavy atom. The van der Waals surface area contributed by atoms with Crippen LogP contribution in [0, 0.1) is 5.41 Å². The molecular weight excluding hydrogens is 244 g/mol. The molecule has 106 valence electrons. The summed E-state index contributed by atoms with van der Waals surface area (Å²) in [6.45, 7) is 6.15. The van der Waals surface area contributed by atoms with Gasteiger partial charge in [-0.15, -0.1) is 0 Å². The number of carbonyl (C=O) groups is 1. The number of aryl methyl sites for hydroxylation is 1. The fourth-order valence-electron chi connectivity index (χ4n) is 2.75. The lowest BCUT2D eigenvalue weighted by molar-refractivity contribution is -0.153. The molecule has 0 bridgehead atoms. The maximum atomic E-state index is 11.5. The van der Waals surface area contributed by atoms with Crippen LogP contribution in [0.4, 0.5) is 0 Å². The van der Waals surface area contributed by atoms with Crippen LogP contribution in [0.2, 0.25) is 0 Å². The highest BCUT2D eigenvalue weighted by molar-refractivity contribution is 5.75. The molecule has 2 N–H and O–H groups in total. The minimum Gasteiger partial charge on any atom is -0.481 e. The molecule has 19 heavy (non-hydrogen) atoms. The highest BCUT2D eigenvalue weighted by Gasteiger charge is 2.40. The number of hydrogen-bond acceptors (Lipinski definition) is 4. The molecule has 1 saturated heterocycles. The average molecular weight is 266 g/mol. The van der Waals surface area contributed by atoms with Crippen LogP contribution in [0.1, 0.15) is 44.8 Å². The van der Waals surface area contributed by atoms with Gasteiger partial charge in [0, 0.05) is 13.0 Å². The molecule has 0 spiro atoms. The van der Waals surface area contributed by atoms with Crippen LogP contribution in [0.25, 0.3) is 0 Å². The fourth-order valence-corrected chi connectivity index (χ4v) is 2.75. The zero-order valence-corrected chi connectivity index (χ0v) is 11.6. The van der Waals surface area contributed by atoms with Crippen LogP contribution in [0.5, 0.6) is 0 Å². The minimum absolute atomic E-state index is 0.591. The van der Waals surface area contributed by atoms with Gasteiger partial charge in [-0.05, 0) is 25.8 Å². The summed E-state index contributed by atoms with van der Waals surface area (Å²) in [7, 11) is 0. The molecule has 2 heterocycles. The second-order valence-corrected chi connectivity index (χ2v) is 5.31. The van der Waals surface area contributed by atoms with Crippen LogP contribution in [0.15, 0.2) is 0 Å². The number of H-pyrrole nitrogens is 1. The predicted octanol–water partition coefficient (Wildman–Crippen LogP) is 1.44. The van der Waals surface area contributed by atoms with E-state index in [-0.39, 0.29) is 0 Å². The number of aliphatic carboxylic acids is 1. The van der Waals surface area contributed by atoms with Crippen molar-refractivity contribution < 1.29 is 9.90 Å². The summed E-state index contributed by atoms with van der Waals surface area (Å²) in [5.74, 6) is 0.965. The first-order valence-electron chi connectivity index (χ1n) is 6.95. The molecule has 6 nitrogen and oxygen atoms in total. The SMILES string of the molecule is CCc1n[nH]c(CN2CCC[C@](CC)(C(=O)O)C2)n1. The van der Waals surface area contributed by atoms with Gasteiger partial charge in [-0.1, -0.05) is 13.8 Å². The zero-order chi connectivity index (χ0) is 13.9. The number of nitrogens with zero attached hydrogens (tertiary/aromatic N) is 3. The molecule has 1 aromatic rings. The zero-order valence-electron chi connectivity index (χ0n) is 11.6. The first-order valence-corrected chi connectivity index (χ1v) is 6.95. The predicted molar refractivity (Wildman–Crippen MR) is 70.6 cm³/mol. The molecule has 1 atom stereocenters. The van der Waals surface area contributed by atoms with Crippen molar-refractivity contribution in [2.24, 2.45) is 5.41 Å². The lowest BCUT2D eigenvalue weighted by Gasteiger charge is -2.39. The van der Waals surface area contributed by atoms with Gasteiger partial charge in [0.15, 0.2) is 0 Å². The van der Waals surface area contributed by atoms with Crippen molar-refractivity contribution in [3.63, 3.8) is 0 Å². The molecule has 0 aromatic carbocycles. The maximum absolute atomic E-state index is 11.5. The van der Waals surface area contributed by atoms with Crippen LogP contribution < -0.4 is 0 Å². The molecule has 1 aliphatic rings. The largest absolute Gasteiger partial charge is 0.481 e. The summed E-state index contributed by atoms with van der Waals surface area (Å²) in [6.07, 6.45) is 3.18. The van der Waals surface area contributed by atoms with Gasteiger partial charge in [0.25, 0.3) is 0 Å². The molecular formula is C13H22N4O2. The lowest BCUT2D eigenvalue weighted by Crippen LogP contribution is -2.47. The number of carboxylic acids is 1. The third kappa shape index (κ3) is 2.94. The van der Waals surface area contributed by atoms with E-state index in [9.17, 15) is 9.90 Å². The quantitative estimate of drug-likeness (QED) is 0.842. The van der Waals surface area contributed by atoms with Crippen molar-refractivity contribution in [1.82, 2.24) is 20.1 Å². The Kier molecular flexibility index (Phi) is 4.19. The first-order chi connectivity index (χ1) is 9.09. The maximum Gasteiger partial charge on any atom is 0.310 e. The molecule has 1 aromatic heterocycles. The second kappa shape index (κ2) is 5.69. The van der Waals surface area contributed by atoms with E-state index in [1.807, 2.05) is 13.8 Å². The van der Waals surface area contributed by atoms with Crippen molar-refractivity contribution >= 4 is 5.97 Å². The number of rotatable bonds is 5. The monoisotopic (exact) mass is 266 g/mol. The molecule has 0 aliphatic carbocycles. The Hall–Kier alpha value is -1.43. The molecule has 6 heteroatoms. The number of nitrogens with one attached hydrogen (secondary N) is 1. The van der Waals surface area contributed by atoms with Gasteiger partial charge < -0.3 is 5.11 Å². The van der Waals surface area contributed by atoms with Crippen molar-refractivity contribution in [3.05, 3.63) is 11.6 Å². The van der Waals surface area contributed by atoms with E-state index >= 15 is 0 Å². The van der Waals surface area contributed by atoms with Crippen LogP contribution >= 0.6 is 0 Å². The third-order valence-corrected chi connectivity index (χ3v) is 4.05. The fraction of sp³-hybridized carbons (Fsp3) is 0.769. The summed E-state index contributed by atoms with van der Waals surface area (Å²) >= 11 is 0. The topological polar surface area (TPSA) is 82.1 Å². The van der Waals surface area contributed by atoms with Gasteiger partial charge in [0.05, 0.1) is 12.0 Å². The normalized spacial score (nSPS) is 24.5. The number of piperidine rings is 1. The van der Waals surface area contributed by atoms with Crippen LogP contribution in [-0.4, -0.2) is 44.2 Å². The molecule has 1 fully saturated rings. The molecule has 0 saturated carbocycles. The number of likely N-dealkylation sites (tertiary alicyclic amines) is 1. The Balaban J connectivity index is 2.03. The summed E-state index contributed by atoms with van der Waals surface area (Å²) in [6, 6.07) is 0. The van der Waals surface area contributed by atoms with E-state index < -0.39 is 11.4 Å². The van der Waals surface area contributed by atoms with Gasteiger partial charge in [-0.3, -0.25) is 14.8 Å². The lowest BCUT2D eigenvalue weighted by atomic mass is 9.77. The second-order valence-electron chi connectivity index (χ2n) is 5.31. The Bertz CT molecular complexity index is 446. The van der Waals surface area contributed by atoms with Crippen LogP contribution in [0.3, 0.4) is 0 Å². The van der Waals surface area contributed by atoms with E-state index in [0.717, 1.165) is 37.5 Å². The van der Waals surface area contributed by atoms with E-state index in [1.54, 1.807) is 0 Å². The van der Waals surface area contributed by atoms with Gasteiger partial charge >= 0.3 is 5.97 Å². The highest BCUT2D eigenvalue weighted by Crippen LogP contribution is 2.34. The van der Waals surface area contributed by atoms with Gasteiger partial charge in [0.2, 0.25) is 0 Å². The van der Waals surface area contributed by atoms with Gasteiger partial charge in [-0.2, -0.15) is 5.10 Å². The number of carboxylic acid groups (broad SMARTS) is 1. The van der Waals surface area contributed by atoms with Crippen molar-refractivity contribution in [3.8, 4) is 0 Å². The highest BCUT2D eigenvalue weighted by atomic mass is 16.4. The van der Waals surface area contributed by atoms with E-state index in [4.69, 9.17) is 0 Å². The molecule has 0 radical (unpaired) electrons. The van der Waals surface area contributed by atoms with E-state index in [0.29, 0.717) is 19.5 Å². The van der Waals surface area contributed by atoms with Crippen molar-refractivity contribution in [1.29, 1.82) is 0 Å². The third-order valence-electron chi connectivity index (χ3n) is 4.05. The Morgan fingerprint density at radius 2 is 2.32 bits per heavy atom. The van der Waals surface area contributed by atoms with Gasteiger partial charge in [-0.25, -0.2) is 4.98 Å². The minimum atomic E-state index is -0.675. The summed E-state index contributed by atoms with van der Waals surface area (Å²) in [5.41, 5.74) is -0.591. The number of aromatic amines is 1. The number of hydrogen-bond donors (Lipinski definition) is 2. The van der Waals surface area contributed by atoms with E-state index in [2.05, 4.69) is 20.1 Å². The summed E-state index contributed by atoms with van der Waals surface area (Å²) in [5, 5.41) is 16.5. The molecule has 1 aliphatic heterocycles. The molecule has 2 rings (SSSR count). The molecule has 0 amide bonds. The van der Waals surface area contributed by atoms with Crippen molar-refractivity contribution in [2.75, 3.05) is 13.1 Å². The first kappa shape index (κ1) is 14.0. The standard InChI is InChI=1S/C13H22N4O2/c1-3-10-14-11(16-15-10)8-17-7-5-6-13(4-2,9-17)12(18)19/h3-9H2,1-2H3,(H,18,19)(H,14,15,16)/t13-/m0/s1. The number of aromatic nitrogens is 3. The van der Waals surface area contributed by atoms with E-state index in [1.165, 1.54) is 0 Å². The molecule has 0 unspecified atom stereocenters. The van der Waals surface area contributed by atoms with Crippen molar-refractivity contribution in [2.45, 2.75) is 46.1 Å². The smallest absolute Gasteiger partial charge is 0.310 e. The Morgan fingerprint density at radius 1 is 1.53 bits per heavy atom. The average Bonchev–Trinajstić information content (AvgIpc) is 2.86.